The standard InChI is InChI=1S/C20H20ClN3O5S/c1-5-23-18(25)22-19(26)24(20(23)27)14-8-11(2)17(12(3)9-14)30(28)16-10-13(21)6-7-15(16)29-4/h6-10H,5H2,1-4H3,(H,22,25,26). The van der Waals surface area contributed by atoms with E-state index in [4.69, 9.17) is 16.3 Å². The summed E-state index contributed by atoms with van der Waals surface area (Å²) in [6, 6.07) is 8.03. The van der Waals surface area contributed by atoms with Crippen LogP contribution in [0.1, 0.15) is 18.1 Å². The monoisotopic (exact) mass is 449 g/mol. The number of methoxy groups -OCH3 is 1. The van der Waals surface area contributed by atoms with Crippen LogP contribution in [-0.4, -0.2) is 25.8 Å². The van der Waals surface area contributed by atoms with Gasteiger partial charge in [-0.25, -0.2) is 23.5 Å². The highest BCUT2D eigenvalue weighted by Gasteiger charge is 2.26. The summed E-state index contributed by atoms with van der Waals surface area (Å²) >= 11 is 4.46. The van der Waals surface area contributed by atoms with Gasteiger partial charge in [-0.3, -0.25) is 4.98 Å². The van der Waals surface area contributed by atoms with Crippen LogP contribution in [0, 0.1) is 13.8 Å². The van der Waals surface area contributed by atoms with Crippen molar-refractivity contribution in [3.8, 4) is 11.4 Å². The van der Waals surface area contributed by atoms with E-state index in [1.54, 1.807) is 51.1 Å². The van der Waals surface area contributed by atoms with E-state index >= 15 is 0 Å². The van der Waals surface area contributed by atoms with Crippen LogP contribution in [0.25, 0.3) is 5.69 Å². The fourth-order valence-corrected chi connectivity index (χ4v) is 5.00. The summed E-state index contributed by atoms with van der Waals surface area (Å²) in [6.45, 7) is 5.21. The summed E-state index contributed by atoms with van der Waals surface area (Å²) in [5, 5.41) is 0.422. The Morgan fingerprint density at radius 2 is 1.73 bits per heavy atom. The maximum Gasteiger partial charge on any atom is 0.340 e. The van der Waals surface area contributed by atoms with Crippen LogP contribution >= 0.6 is 11.6 Å². The number of nitrogens with zero attached hydrogens (tertiary/aromatic N) is 2. The van der Waals surface area contributed by atoms with Gasteiger partial charge in [0.25, 0.3) is 0 Å². The van der Waals surface area contributed by atoms with Crippen molar-refractivity contribution >= 4 is 22.8 Å². The van der Waals surface area contributed by atoms with Gasteiger partial charge in [0.15, 0.2) is 10.6 Å². The van der Waals surface area contributed by atoms with Gasteiger partial charge in [-0.2, -0.15) is 0 Å². The molecule has 1 aromatic heterocycles. The van der Waals surface area contributed by atoms with E-state index in [2.05, 4.69) is 4.98 Å². The van der Waals surface area contributed by atoms with Crippen LogP contribution in [0.2, 0.25) is 5.02 Å². The molecule has 1 heterocycles. The van der Waals surface area contributed by atoms with Crippen LogP contribution < -0.4 is 21.8 Å². The Morgan fingerprint density at radius 3 is 2.30 bits per heavy atom. The van der Waals surface area contributed by atoms with E-state index in [1.807, 2.05) is 0 Å². The predicted molar refractivity (Wildman–Crippen MR) is 115 cm³/mol. The molecule has 3 aromatic rings. The Hall–Kier alpha value is -2.75. The topological polar surface area (TPSA) is 109 Å². The number of aryl methyl sites for hydroxylation is 2. The smallest absolute Gasteiger partial charge is 0.340 e. The number of rotatable bonds is 5. The normalized spacial score (nSPS) is 12.1. The highest BCUT2D eigenvalue weighted by molar-refractivity contribution is 7.91. The molecule has 0 aliphatic rings. The molecule has 30 heavy (non-hydrogen) atoms. The van der Waals surface area contributed by atoms with Crippen LogP contribution in [0.3, 0.4) is 0 Å². The van der Waals surface area contributed by atoms with Gasteiger partial charge in [0.05, 0.1) is 12.8 Å². The SMILES string of the molecule is CCn1c(=O)[nH]c(=O)n(-c2cc(C)c([S+]([O-])c3cc(Cl)ccc3OC)c(C)c2)c1=O. The number of hydrogen-bond acceptors (Lipinski definition) is 5. The summed E-state index contributed by atoms with van der Waals surface area (Å²) in [6.07, 6.45) is 0. The quantitative estimate of drug-likeness (QED) is 0.600. The number of halogens is 1. The van der Waals surface area contributed by atoms with Crippen LogP contribution in [0.15, 0.2) is 54.5 Å². The fraction of sp³-hybridized carbons (Fsp3) is 0.250. The van der Waals surface area contributed by atoms with Crippen molar-refractivity contribution in [3.05, 3.63) is 77.9 Å². The Balaban J connectivity index is 2.20. The van der Waals surface area contributed by atoms with E-state index in [-0.39, 0.29) is 12.2 Å². The Labute approximate surface area is 179 Å². The average Bonchev–Trinajstić information content (AvgIpc) is 2.67. The molecular weight excluding hydrogens is 430 g/mol. The summed E-state index contributed by atoms with van der Waals surface area (Å²) in [5.41, 5.74) is -0.855. The van der Waals surface area contributed by atoms with E-state index < -0.39 is 28.2 Å². The van der Waals surface area contributed by atoms with E-state index in [1.165, 1.54) is 7.11 Å². The molecule has 0 saturated heterocycles. The zero-order valence-corrected chi connectivity index (χ0v) is 18.4. The molecule has 1 N–H and O–H groups in total. The van der Waals surface area contributed by atoms with Crippen molar-refractivity contribution in [2.24, 2.45) is 0 Å². The molecule has 158 valence electrons. The zero-order chi connectivity index (χ0) is 22.2. The summed E-state index contributed by atoms with van der Waals surface area (Å²) < 4.78 is 20.5. The molecule has 0 saturated carbocycles. The molecule has 0 bridgehead atoms. The van der Waals surface area contributed by atoms with Crippen molar-refractivity contribution in [3.63, 3.8) is 0 Å². The minimum absolute atomic E-state index is 0.114. The van der Waals surface area contributed by atoms with Crippen molar-refractivity contribution < 1.29 is 9.29 Å². The molecule has 2 aromatic carbocycles. The number of nitrogens with one attached hydrogen (secondary N) is 1. The molecule has 0 aliphatic heterocycles. The largest absolute Gasteiger partial charge is 0.606 e. The lowest BCUT2D eigenvalue weighted by molar-refractivity contribution is 0.402. The molecular formula is C20H20ClN3O5S. The van der Waals surface area contributed by atoms with Gasteiger partial charge in [-0.15, -0.1) is 0 Å². The van der Waals surface area contributed by atoms with Crippen molar-refractivity contribution in [1.82, 2.24) is 14.1 Å². The predicted octanol–water partition coefficient (Wildman–Crippen LogP) is 2.15. The van der Waals surface area contributed by atoms with Crippen molar-refractivity contribution in [2.45, 2.75) is 37.1 Å². The van der Waals surface area contributed by atoms with E-state index in [0.717, 1.165) is 9.13 Å². The molecule has 3 rings (SSSR count). The molecule has 0 fully saturated rings. The summed E-state index contributed by atoms with van der Waals surface area (Å²) in [7, 11) is 1.48. The van der Waals surface area contributed by atoms with Gasteiger partial charge in [-0.1, -0.05) is 11.6 Å². The average molecular weight is 450 g/mol. The van der Waals surface area contributed by atoms with Crippen LogP contribution in [-0.2, 0) is 17.7 Å². The minimum atomic E-state index is -1.61. The Morgan fingerprint density at radius 1 is 1.10 bits per heavy atom. The van der Waals surface area contributed by atoms with Gasteiger partial charge < -0.3 is 9.29 Å². The number of hydrogen-bond donors (Lipinski definition) is 1. The third kappa shape index (κ3) is 3.83. The molecule has 0 radical (unpaired) electrons. The van der Waals surface area contributed by atoms with Gasteiger partial charge in [0.2, 0.25) is 4.90 Å². The maximum atomic E-state index is 13.3. The van der Waals surface area contributed by atoms with Crippen LogP contribution in [0.5, 0.6) is 5.75 Å². The van der Waals surface area contributed by atoms with E-state index in [9.17, 15) is 18.9 Å². The molecule has 8 nitrogen and oxygen atoms in total. The first-order chi connectivity index (χ1) is 14.2. The number of H-pyrrole nitrogens is 1. The third-order valence-electron chi connectivity index (χ3n) is 4.61. The second kappa shape index (κ2) is 8.55. The van der Waals surface area contributed by atoms with Gasteiger partial charge >= 0.3 is 17.1 Å². The minimum Gasteiger partial charge on any atom is -0.606 e. The van der Waals surface area contributed by atoms with Crippen LogP contribution in [0.4, 0.5) is 0 Å². The molecule has 0 spiro atoms. The molecule has 1 atom stereocenters. The van der Waals surface area contributed by atoms with E-state index in [0.29, 0.717) is 31.7 Å². The summed E-state index contributed by atoms with van der Waals surface area (Å²) in [5.74, 6) is 0.434. The second-order valence-electron chi connectivity index (χ2n) is 6.57. The highest BCUT2D eigenvalue weighted by Crippen LogP contribution is 2.35. The Kier molecular flexibility index (Phi) is 6.25. The maximum absolute atomic E-state index is 13.3. The first kappa shape index (κ1) is 21.9. The lowest BCUT2D eigenvalue weighted by Crippen LogP contribution is -2.48. The Bertz CT molecular complexity index is 1270. The summed E-state index contributed by atoms with van der Waals surface area (Å²) in [4.78, 5) is 39.9. The van der Waals surface area contributed by atoms with Crippen molar-refractivity contribution in [1.29, 1.82) is 0 Å². The number of ether oxygens (including phenoxy) is 1. The lowest BCUT2D eigenvalue weighted by Gasteiger charge is -2.18. The zero-order valence-electron chi connectivity index (χ0n) is 16.8. The number of aromatic amines is 1. The molecule has 0 amide bonds. The van der Waals surface area contributed by atoms with Crippen molar-refractivity contribution in [2.75, 3.05) is 7.11 Å². The second-order valence-corrected chi connectivity index (χ2v) is 8.39. The van der Waals surface area contributed by atoms with Gasteiger partial charge in [0.1, 0.15) is 0 Å². The van der Waals surface area contributed by atoms with Gasteiger partial charge in [-0.05, 0) is 45.0 Å². The highest BCUT2D eigenvalue weighted by atomic mass is 35.5. The first-order valence-corrected chi connectivity index (χ1v) is 10.6. The lowest BCUT2D eigenvalue weighted by atomic mass is 10.1. The number of benzene rings is 2. The third-order valence-corrected chi connectivity index (χ3v) is 6.58. The fourth-order valence-electron chi connectivity index (χ4n) is 3.27. The molecule has 0 aliphatic carbocycles. The molecule has 10 heteroatoms. The van der Waals surface area contributed by atoms with Gasteiger partial charge in [0, 0.05) is 39.9 Å². The number of aromatic nitrogens is 3. The first-order valence-electron chi connectivity index (χ1n) is 9.02. The molecule has 1 unspecified atom stereocenters.